The third-order valence-electron chi connectivity index (χ3n) is 3.92. The lowest BCUT2D eigenvalue weighted by molar-refractivity contribution is 0.0392. The van der Waals surface area contributed by atoms with Crippen molar-refractivity contribution in [2.45, 2.75) is 72.6 Å². The number of carbonyl (C=O) groups is 1. The summed E-state index contributed by atoms with van der Waals surface area (Å²) in [7, 11) is 0. The predicted octanol–water partition coefficient (Wildman–Crippen LogP) is 2.86. The summed E-state index contributed by atoms with van der Waals surface area (Å²) < 4.78 is 16.7. The molecule has 0 aliphatic carbocycles. The Hall–Kier alpha value is -2.35. The van der Waals surface area contributed by atoms with Gasteiger partial charge in [-0.05, 0) is 41.0 Å². The monoisotopic (exact) mass is 366 g/mol. The van der Waals surface area contributed by atoms with Gasteiger partial charge >= 0.3 is 11.8 Å². The first-order valence-electron chi connectivity index (χ1n) is 8.66. The Bertz CT molecular complexity index is 835. The molecular weight excluding hydrogens is 340 g/mol. The minimum absolute atomic E-state index is 0.0451. The molecule has 0 fully saturated rings. The van der Waals surface area contributed by atoms with Crippen LogP contribution in [0.15, 0.2) is 13.6 Å². The third kappa shape index (κ3) is 4.07. The Morgan fingerprint density at radius 2 is 2.00 bits per heavy atom. The van der Waals surface area contributed by atoms with E-state index in [0.717, 1.165) is 12.2 Å². The van der Waals surface area contributed by atoms with Gasteiger partial charge in [-0.3, -0.25) is 0 Å². The molecule has 0 aromatic carbocycles. The van der Waals surface area contributed by atoms with Crippen molar-refractivity contribution in [1.29, 1.82) is 0 Å². The molecule has 8 nitrogen and oxygen atoms in total. The van der Waals surface area contributed by atoms with Gasteiger partial charge in [-0.15, -0.1) is 0 Å². The number of aryl methyl sites for hydroxylation is 2. The minimum atomic E-state index is -1.31. The predicted molar refractivity (Wildman–Crippen MR) is 93.0 cm³/mol. The zero-order chi connectivity index (χ0) is 19.6. The molecule has 2 rings (SSSR count). The van der Waals surface area contributed by atoms with E-state index in [4.69, 9.17) is 13.6 Å². The van der Waals surface area contributed by atoms with Crippen molar-refractivity contribution in [3.05, 3.63) is 39.3 Å². The molecule has 8 heteroatoms. The van der Waals surface area contributed by atoms with E-state index in [1.807, 2.05) is 20.8 Å². The fraction of sp³-hybridized carbons (Fsp3) is 0.611. The number of carbonyl (C=O) groups excluding carboxylic acids is 1. The molecule has 0 spiro atoms. The number of rotatable bonds is 7. The zero-order valence-electron chi connectivity index (χ0n) is 16.1. The minimum Gasteiger partial charge on any atom is -0.453 e. The van der Waals surface area contributed by atoms with E-state index in [1.54, 1.807) is 25.3 Å². The second kappa shape index (κ2) is 7.49. The fourth-order valence-electron chi connectivity index (χ4n) is 2.76. The van der Waals surface area contributed by atoms with E-state index in [2.05, 4.69) is 4.98 Å². The first kappa shape index (κ1) is 20.0. The number of nitrogens with zero attached hydrogens (tertiary/aromatic N) is 2. The summed E-state index contributed by atoms with van der Waals surface area (Å²) in [5.74, 6) is -0.359. The standard InChI is InChI=1S/C18H26N2O6/c1-7-8-13-19-15(18(5,6)23)14(20(13)10(2)3)16(21)24-9-12-11(4)25-17(22)26-12/h10,23H,7-9H2,1-6H3. The number of hydrogen-bond acceptors (Lipinski definition) is 7. The van der Waals surface area contributed by atoms with Gasteiger partial charge in [0.05, 0.1) is 0 Å². The molecule has 2 aromatic heterocycles. The van der Waals surface area contributed by atoms with Crippen LogP contribution in [-0.4, -0.2) is 20.6 Å². The average Bonchev–Trinajstić information content (AvgIpc) is 3.05. The lowest BCUT2D eigenvalue weighted by atomic mass is 10.0. The molecule has 2 aromatic rings. The van der Waals surface area contributed by atoms with Crippen LogP contribution >= 0.6 is 0 Å². The maximum Gasteiger partial charge on any atom is 0.519 e. The van der Waals surface area contributed by atoms with Crippen LogP contribution in [0.1, 0.15) is 80.6 Å². The fourth-order valence-corrected chi connectivity index (χ4v) is 2.76. The zero-order valence-corrected chi connectivity index (χ0v) is 16.1. The van der Waals surface area contributed by atoms with Crippen LogP contribution in [-0.2, 0) is 23.4 Å². The van der Waals surface area contributed by atoms with Gasteiger partial charge in [-0.1, -0.05) is 6.92 Å². The van der Waals surface area contributed by atoms with Crippen LogP contribution in [0.25, 0.3) is 0 Å². The summed E-state index contributed by atoms with van der Waals surface area (Å²) >= 11 is 0. The van der Waals surface area contributed by atoms with Crippen molar-refractivity contribution in [2.75, 3.05) is 0 Å². The number of imidazole rings is 1. The van der Waals surface area contributed by atoms with Crippen LogP contribution in [0, 0.1) is 6.92 Å². The van der Waals surface area contributed by atoms with E-state index >= 15 is 0 Å². The molecule has 0 saturated heterocycles. The maximum atomic E-state index is 12.8. The van der Waals surface area contributed by atoms with Crippen molar-refractivity contribution >= 4 is 5.97 Å². The van der Waals surface area contributed by atoms with Gasteiger partial charge in [-0.25, -0.2) is 14.6 Å². The van der Waals surface area contributed by atoms with E-state index in [9.17, 15) is 14.7 Å². The van der Waals surface area contributed by atoms with Crippen molar-refractivity contribution in [3.8, 4) is 0 Å². The van der Waals surface area contributed by atoms with E-state index in [0.29, 0.717) is 6.42 Å². The molecule has 0 aliphatic rings. The second-order valence-electron chi connectivity index (χ2n) is 7.01. The van der Waals surface area contributed by atoms with Gasteiger partial charge in [0.15, 0.2) is 23.8 Å². The Labute approximate surface area is 151 Å². The van der Waals surface area contributed by atoms with Crippen LogP contribution < -0.4 is 5.82 Å². The van der Waals surface area contributed by atoms with Gasteiger partial charge < -0.3 is 23.2 Å². The highest BCUT2D eigenvalue weighted by molar-refractivity contribution is 5.89. The Morgan fingerprint density at radius 1 is 1.35 bits per heavy atom. The molecule has 2 heterocycles. The SMILES string of the molecule is CCCc1nc(C(C)(C)O)c(C(=O)OCc2oc(=O)oc2C)n1C(C)C. The molecule has 0 aliphatic heterocycles. The molecule has 0 amide bonds. The normalized spacial score (nSPS) is 12.0. The van der Waals surface area contributed by atoms with E-state index < -0.39 is 17.4 Å². The highest BCUT2D eigenvalue weighted by atomic mass is 16.6. The van der Waals surface area contributed by atoms with E-state index in [-0.39, 0.29) is 35.6 Å². The van der Waals surface area contributed by atoms with Crippen molar-refractivity contribution in [1.82, 2.24) is 9.55 Å². The number of aromatic nitrogens is 2. The Balaban J connectivity index is 2.42. The number of aliphatic hydroxyl groups is 1. The summed E-state index contributed by atoms with van der Waals surface area (Å²) in [6.07, 6.45) is 1.52. The summed E-state index contributed by atoms with van der Waals surface area (Å²) in [5, 5.41) is 10.5. The molecule has 0 saturated carbocycles. The molecule has 0 bridgehead atoms. The summed E-state index contributed by atoms with van der Waals surface area (Å²) in [6.45, 7) is 10.3. The highest BCUT2D eigenvalue weighted by Gasteiger charge is 2.33. The summed E-state index contributed by atoms with van der Waals surface area (Å²) in [5.41, 5.74) is -0.834. The Morgan fingerprint density at radius 3 is 2.46 bits per heavy atom. The topological polar surface area (TPSA) is 108 Å². The van der Waals surface area contributed by atoms with Crippen molar-refractivity contribution < 1.29 is 23.5 Å². The molecule has 144 valence electrons. The lowest BCUT2D eigenvalue weighted by Crippen LogP contribution is -2.23. The first-order chi connectivity index (χ1) is 12.1. The molecule has 0 unspecified atom stereocenters. The molecule has 26 heavy (non-hydrogen) atoms. The first-order valence-corrected chi connectivity index (χ1v) is 8.66. The van der Waals surface area contributed by atoms with Gasteiger partial charge in [0.25, 0.3) is 0 Å². The quantitative estimate of drug-likeness (QED) is 0.751. The number of hydrogen-bond donors (Lipinski definition) is 1. The van der Waals surface area contributed by atoms with E-state index in [1.165, 1.54) is 0 Å². The largest absolute Gasteiger partial charge is 0.519 e. The number of ether oxygens (including phenoxy) is 1. The van der Waals surface area contributed by atoms with Gasteiger partial charge in [0.2, 0.25) is 0 Å². The smallest absolute Gasteiger partial charge is 0.453 e. The summed E-state index contributed by atoms with van der Waals surface area (Å²) in [4.78, 5) is 28.4. The summed E-state index contributed by atoms with van der Waals surface area (Å²) in [6, 6.07) is -0.0451. The molecule has 0 radical (unpaired) electrons. The third-order valence-corrected chi connectivity index (χ3v) is 3.92. The highest BCUT2D eigenvalue weighted by Crippen LogP contribution is 2.28. The van der Waals surface area contributed by atoms with Crippen molar-refractivity contribution in [3.63, 3.8) is 0 Å². The average molecular weight is 366 g/mol. The Kier molecular flexibility index (Phi) is 5.75. The molecule has 0 atom stereocenters. The van der Waals surface area contributed by atoms with Crippen LogP contribution in [0.4, 0.5) is 0 Å². The van der Waals surface area contributed by atoms with Crippen LogP contribution in [0.2, 0.25) is 0 Å². The number of esters is 1. The van der Waals surface area contributed by atoms with Gasteiger partial charge in [0.1, 0.15) is 17.1 Å². The lowest BCUT2D eigenvalue weighted by Gasteiger charge is -2.19. The second-order valence-corrected chi connectivity index (χ2v) is 7.01. The van der Waals surface area contributed by atoms with Crippen LogP contribution in [0.3, 0.4) is 0 Å². The maximum absolute atomic E-state index is 12.8. The van der Waals surface area contributed by atoms with Crippen LogP contribution in [0.5, 0.6) is 0 Å². The van der Waals surface area contributed by atoms with Gasteiger partial charge in [0, 0.05) is 12.5 Å². The van der Waals surface area contributed by atoms with Gasteiger partial charge in [-0.2, -0.15) is 0 Å². The van der Waals surface area contributed by atoms with Crippen molar-refractivity contribution in [2.24, 2.45) is 0 Å². The molecule has 1 N–H and O–H groups in total. The molecular formula is C18H26N2O6.